The predicted octanol–water partition coefficient (Wildman–Crippen LogP) is 4.44. The molecular weight excluding hydrogens is 448 g/mol. The Hall–Kier alpha value is -3.39. The molecule has 2 aromatic carbocycles. The van der Waals surface area contributed by atoms with Crippen LogP contribution >= 0.6 is 15.9 Å². The molecule has 1 aliphatic rings. The zero-order chi connectivity index (χ0) is 21.3. The molecule has 4 rings (SSSR count). The van der Waals surface area contributed by atoms with E-state index >= 15 is 0 Å². The normalized spacial score (nSPS) is 15.0. The van der Waals surface area contributed by atoms with E-state index in [2.05, 4.69) is 38.6 Å². The molecule has 7 nitrogen and oxygen atoms in total. The Morgan fingerprint density at radius 2 is 2.00 bits per heavy atom. The number of carbonyl (C=O) groups is 2. The van der Waals surface area contributed by atoms with Crippen LogP contribution in [0.4, 0.5) is 11.5 Å². The molecule has 1 aromatic heterocycles. The van der Waals surface area contributed by atoms with Gasteiger partial charge in [-0.05, 0) is 47.9 Å². The average Bonchev–Trinajstić information content (AvgIpc) is 3.17. The summed E-state index contributed by atoms with van der Waals surface area (Å²) < 4.78 is 2.48. The van der Waals surface area contributed by atoms with Gasteiger partial charge in [0.15, 0.2) is 0 Å². The first kappa shape index (κ1) is 19.9. The number of hydrogen-bond acceptors (Lipinski definition) is 4. The lowest BCUT2D eigenvalue weighted by Gasteiger charge is -2.24. The Kier molecular flexibility index (Phi) is 5.41. The number of carboxylic acid groups (broad SMARTS) is 1. The number of fused-ring (bicyclic) bond motifs is 1. The standard InChI is InChI=1S/C22H19BrN4O3/c1-2-13-6-8-16(9-7-13)25-21(28)17-12-24-27-19(14-4-3-5-15(23)10-14)11-18(22(29)30)26-20(17)27/h3-12,19,26H,2H2,1H3,(H,25,28)(H,29,30). The van der Waals surface area contributed by atoms with Gasteiger partial charge in [0.05, 0.1) is 12.2 Å². The number of amides is 1. The van der Waals surface area contributed by atoms with E-state index in [-0.39, 0.29) is 17.2 Å². The lowest BCUT2D eigenvalue weighted by atomic mass is 10.0. The fourth-order valence-electron chi connectivity index (χ4n) is 3.34. The first-order valence-corrected chi connectivity index (χ1v) is 10.2. The second-order valence-corrected chi connectivity index (χ2v) is 7.78. The van der Waals surface area contributed by atoms with Crippen LogP contribution in [0.3, 0.4) is 0 Å². The molecule has 1 aliphatic heterocycles. The van der Waals surface area contributed by atoms with Gasteiger partial charge in [0.2, 0.25) is 0 Å². The number of allylic oxidation sites excluding steroid dienone is 1. The van der Waals surface area contributed by atoms with E-state index in [9.17, 15) is 14.7 Å². The first-order valence-electron chi connectivity index (χ1n) is 9.41. The van der Waals surface area contributed by atoms with Gasteiger partial charge in [-0.1, -0.05) is 47.1 Å². The van der Waals surface area contributed by atoms with Crippen molar-refractivity contribution in [2.45, 2.75) is 19.4 Å². The molecule has 0 spiro atoms. The number of carbonyl (C=O) groups excluding carboxylic acids is 1. The van der Waals surface area contributed by atoms with Crippen molar-refractivity contribution in [3.63, 3.8) is 0 Å². The summed E-state index contributed by atoms with van der Waals surface area (Å²) in [6.45, 7) is 2.06. The van der Waals surface area contributed by atoms with Crippen molar-refractivity contribution in [1.29, 1.82) is 0 Å². The van der Waals surface area contributed by atoms with Gasteiger partial charge < -0.3 is 15.7 Å². The van der Waals surface area contributed by atoms with Crippen molar-refractivity contribution in [3.05, 3.63) is 87.7 Å². The number of halogens is 1. The Morgan fingerprint density at radius 3 is 2.67 bits per heavy atom. The largest absolute Gasteiger partial charge is 0.477 e. The molecule has 30 heavy (non-hydrogen) atoms. The number of nitrogens with one attached hydrogen (secondary N) is 2. The highest BCUT2D eigenvalue weighted by Crippen LogP contribution is 2.33. The SMILES string of the molecule is CCc1ccc(NC(=O)c2cnn3c2NC(C(=O)O)=CC3c2cccc(Br)c2)cc1. The number of anilines is 2. The minimum absolute atomic E-state index is 0.00526. The van der Waals surface area contributed by atoms with Crippen molar-refractivity contribution in [1.82, 2.24) is 9.78 Å². The highest BCUT2D eigenvalue weighted by atomic mass is 79.9. The number of hydrogen-bond donors (Lipinski definition) is 3. The maximum absolute atomic E-state index is 12.9. The van der Waals surface area contributed by atoms with Crippen LogP contribution in [0.1, 0.15) is 34.5 Å². The molecule has 152 valence electrons. The van der Waals surface area contributed by atoms with Crippen LogP contribution in [0.15, 0.2) is 71.0 Å². The molecule has 0 fully saturated rings. The predicted molar refractivity (Wildman–Crippen MR) is 118 cm³/mol. The number of rotatable bonds is 5. The second kappa shape index (κ2) is 8.16. The molecule has 1 amide bonds. The molecular formula is C22H19BrN4O3. The molecule has 1 unspecified atom stereocenters. The van der Waals surface area contributed by atoms with Crippen LogP contribution in [0, 0.1) is 0 Å². The van der Waals surface area contributed by atoms with E-state index in [0.717, 1.165) is 16.5 Å². The molecule has 0 bridgehead atoms. The van der Waals surface area contributed by atoms with Gasteiger partial charge in [-0.2, -0.15) is 5.10 Å². The summed E-state index contributed by atoms with van der Waals surface area (Å²) >= 11 is 3.44. The van der Waals surface area contributed by atoms with Crippen LogP contribution in [0.2, 0.25) is 0 Å². The molecule has 2 heterocycles. The zero-order valence-electron chi connectivity index (χ0n) is 16.1. The number of aromatic nitrogens is 2. The van der Waals surface area contributed by atoms with Gasteiger partial charge in [0.25, 0.3) is 5.91 Å². The first-order chi connectivity index (χ1) is 14.5. The monoisotopic (exact) mass is 466 g/mol. The van der Waals surface area contributed by atoms with Crippen molar-refractivity contribution in [2.75, 3.05) is 10.6 Å². The third-order valence-corrected chi connectivity index (χ3v) is 5.42. The van der Waals surface area contributed by atoms with E-state index in [1.54, 1.807) is 10.8 Å². The van der Waals surface area contributed by atoms with E-state index in [1.165, 1.54) is 11.8 Å². The summed E-state index contributed by atoms with van der Waals surface area (Å²) in [4.78, 5) is 24.6. The van der Waals surface area contributed by atoms with Crippen LogP contribution in [-0.4, -0.2) is 26.8 Å². The van der Waals surface area contributed by atoms with Gasteiger partial charge in [0, 0.05) is 10.2 Å². The number of carboxylic acids is 1. The summed E-state index contributed by atoms with van der Waals surface area (Å²) in [7, 11) is 0. The topological polar surface area (TPSA) is 96.3 Å². The average molecular weight is 467 g/mol. The van der Waals surface area contributed by atoms with Crippen molar-refractivity contribution in [3.8, 4) is 0 Å². The maximum Gasteiger partial charge on any atom is 0.352 e. The van der Waals surface area contributed by atoms with E-state index in [0.29, 0.717) is 11.5 Å². The smallest absolute Gasteiger partial charge is 0.352 e. The van der Waals surface area contributed by atoms with Crippen molar-refractivity contribution in [2.24, 2.45) is 0 Å². The number of nitrogens with zero attached hydrogens (tertiary/aromatic N) is 2. The molecule has 0 radical (unpaired) electrons. The molecule has 8 heteroatoms. The third kappa shape index (κ3) is 3.86. The summed E-state index contributed by atoms with van der Waals surface area (Å²) in [5.74, 6) is -1.14. The summed E-state index contributed by atoms with van der Waals surface area (Å²) in [6, 6.07) is 14.7. The Labute approximate surface area is 181 Å². The Balaban J connectivity index is 1.69. The number of aryl methyl sites for hydroxylation is 1. The molecule has 0 saturated carbocycles. The van der Waals surface area contributed by atoms with Gasteiger partial charge in [0.1, 0.15) is 17.1 Å². The summed E-state index contributed by atoms with van der Waals surface area (Å²) in [5.41, 5.74) is 2.93. The van der Waals surface area contributed by atoms with Crippen LogP contribution in [0.5, 0.6) is 0 Å². The highest BCUT2D eigenvalue weighted by Gasteiger charge is 2.29. The Bertz CT molecular complexity index is 1150. The second-order valence-electron chi connectivity index (χ2n) is 6.87. The van der Waals surface area contributed by atoms with Gasteiger partial charge in [-0.25, -0.2) is 9.48 Å². The summed E-state index contributed by atoms with van der Waals surface area (Å²) in [6.07, 6.45) is 3.94. The molecule has 3 N–H and O–H groups in total. The minimum atomic E-state index is -1.11. The maximum atomic E-state index is 12.9. The minimum Gasteiger partial charge on any atom is -0.477 e. The van der Waals surface area contributed by atoms with Crippen LogP contribution in [-0.2, 0) is 11.2 Å². The lowest BCUT2D eigenvalue weighted by Crippen LogP contribution is -2.25. The van der Waals surface area contributed by atoms with Gasteiger partial charge in [-0.15, -0.1) is 0 Å². The van der Waals surface area contributed by atoms with Crippen LogP contribution < -0.4 is 10.6 Å². The molecule has 3 aromatic rings. The van der Waals surface area contributed by atoms with Gasteiger partial charge in [-0.3, -0.25) is 4.79 Å². The van der Waals surface area contributed by atoms with E-state index < -0.39 is 12.0 Å². The fraction of sp³-hybridized carbons (Fsp3) is 0.136. The third-order valence-electron chi connectivity index (χ3n) is 4.92. The zero-order valence-corrected chi connectivity index (χ0v) is 17.7. The molecule has 0 saturated heterocycles. The Morgan fingerprint density at radius 1 is 1.23 bits per heavy atom. The van der Waals surface area contributed by atoms with Crippen LogP contribution in [0.25, 0.3) is 0 Å². The van der Waals surface area contributed by atoms with E-state index in [1.807, 2.05) is 48.5 Å². The number of benzene rings is 2. The van der Waals surface area contributed by atoms with Crippen molar-refractivity contribution < 1.29 is 14.7 Å². The van der Waals surface area contributed by atoms with Crippen molar-refractivity contribution >= 4 is 39.3 Å². The number of aliphatic carboxylic acids is 1. The van der Waals surface area contributed by atoms with Gasteiger partial charge >= 0.3 is 5.97 Å². The molecule has 0 aliphatic carbocycles. The lowest BCUT2D eigenvalue weighted by molar-refractivity contribution is -0.132. The quantitative estimate of drug-likeness (QED) is 0.516. The van der Waals surface area contributed by atoms with E-state index in [4.69, 9.17) is 0 Å². The highest BCUT2D eigenvalue weighted by molar-refractivity contribution is 9.10. The fourth-order valence-corrected chi connectivity index (χ4v) is 3.75. The summed E-state index contributed by atoms with van der Waals surface area (Å²) in [5, 5.41) is 19.6. The molecule has 1 atom stereocenters.